The Balaban J connectivity index is 1.78. The number of likely N-dealkylation sites (tertiary alicyclic amines) is 1. The fourth-order valence-electron chi connectivity index (χ4n) is 2.97. The van der Waals surface area contributed by atoms with E-state index in [1.54, 1.807) is 18.2 Å². The van der Waals surface area contributed by atoms with Crippen LogP contribution in [0.2, 0.25) is 0 Å². The maximum atomic E-state index is 13.2. The second-order valence-electron chi connectivity index (χ2n) is 5.85. The fourth-order valence-corrected chi connectivity index (χ4v) is 3.98. The van der Waals surface area contributed by atoms with Crippen LogP contribution in [0.3, 0.4) is 0 Å². The van der Waals surface area contributed by atoms with Crippen LogP contribution >= 0.6 is 0 Å². The maximum absolute atomic E-state index is 13.2. The number of nitrogens with zero attached hydrogens (tertiary/aromatic N) is 2. The molecule has 1 aromatic carbocycles. The van der Waals surface area contributed by atoms with Crippen molar-refractivity contribution in [3.05, 3.63) is 60.2 Å². The Hall–Kier alpha value is -1.83. The number of benzene rings is 1. The third-order valence-electron chi connectivity index (χ3n) is 4.25. The predicted octanol–water partition coefficient (Wildman–Crippen LogP) is 2.34. The molecule has 1 saturated heterocycles. The van der Waals surface area contributed by atoms with Gasteiger partial charge in [-0.25, -0.2) is 17.5 Å². The molecule has 5 nitrogen and oxygen atoms in total. The smallest absolute Gasteiger partial charge is 0.242 e. The van der Waals surface area contributed by atoms with E-state index >= 15 is 0 Å². The van der Waals surface area contributed by atoms with Crippen LogP contribution in [0.15, 0.2) is 53.7 Å². The Bertz CT molecular complexity index is 760. The van der Waals surface area contributed by atoms with Crippen molar-refractivity contribution in [2.75, 3.05) is 19.6 Å². The summed E-state index contributed by atoms with van der Waals surface area (Å²) in [6, 6.07) is 9.25. The van der Waals surface area contributed by atoms with E-state index in [1.165, 1.54) is 30.6 Å². The molecule has 0 spiro atoms. The zero-order valence-electron chi connectivity index (χ0n) is 13.2. The summed E-state index contributed by atoms with van der Waals surface area (Å²) in [6.45, 7) is 2.07. The first-order valence-electron chi connectivity index (χ1n) is 7.95. The summed E-state index contributed by atoms with van der Waals surface area (Å²) < 4.78 is 40.7. The van der Waals surface area contributed by atoms with Gasteiger partial charge in [0.25, 0.3) is 0 Å². The molecule has 1 N–H and O–H groups in total. The molecule has 2 aromatic rings. The highest BCUT2D eigenvalue weighted by molar-refractivity contribution is 7.89. The van der Waals surface area contributed by atoms with Gasteiger partial charge in [-0.3, -0.25) is 9.88 Å². The van der Waals surface area contributed by atoms with Gasteiger partial charge in [0.1, 0.15) is 10.7 Å². The molecule has 1 aromatic heterocycles. The van der Waals surface area contributed by atoms with Gasteiger partial charge in [0.15, 0.2) is 0 Å². The molecule has 1 aliphatic heterocycles. The largest absolute Gasteiger partial charge is 0.295 e. The summed E-state index contributed by atoms with van der Waals surface area (Å²) in [6.07, 6.45) is 5.04. The number of nitrogens with one attached hydrogen (secondary N) is 1. The van der Waals surface area contributed by atoms with E-state index in [-0.39, 0.29) is 23.3 Å². The van der Waals surface area contributed by atoms with E-state index in [1.807, 2.05) is 0 Å². The Labute approximate surface area is 141 Å². The highest BCUT2D eigenvalue weighted by atomic mass is 32.2. The monoisotopic (exact) mass is 349 g/mol. The van der Waals surface area contributed by atoms with E-state index in [9.17, 15) is 12.8 Å². The first-order chi connectivity index (χ1) is 11.6. The molecule has 2 heterocycles. The number of hydrogen-bond donors (Lipinski definition) is 1. The average molecular weight is 349 g/mol. The molecule has 1 aliphatic rings. The van der Waals surface area contributed by atoms with E-state index in [0.29, 0.717) is 0 Å². The van der Waals surface area contributed by atoms with Crippen LogP contribution in [-0.4, -0.2) is 37.9 Å². The summed E-state index contributed by atoms with van der Waals surface area (Å²) in [4.78, 5) is 6.23. The highest BCUT2D eigenvalue weighted by Crippen LogP contribution is 2.25. The molecule has 0 radical (unpaired) electrons. The van der Waals surface area contributed by atoms with Crippen molar-refractivity contribution >= 4 is 10.0 Å². The summed E-state index contributed by atoms with van der Waals surface area (Å²) in [5.74, 6) is -0.296. The molecular formula is C17H20FN3O2S. The molecule has 24 heavy (non-hydrogen) atoms. The summed E-state index contributed by atoms with van der Waals surface area (Å²) in [5.41, 5.74) is 0.909. The van der Waals surface area contributed by atoms with E-state index in [4.69, 9.17) is 0 Å². The zero-order valence-corrected chi connectivity index (χ0v) is 14.0. The molecule has 128 valence electrons. The number of rotatable bonds is 6. The lowest BCUT2D eigenvalue weighted by atomic mass is 10.1. The highest BCUT2D eigenvalue weighted by Gasteiger charge is 2.25. The second kappa shape index (κ2) is 7.38. The van der Waals surface area contributed by atoms with Crippen molar-refractivity contribution in [1.29, 1.82) is 0 Å². The predicted molar refractivity (Wildman–Crippen MR) is 89.4 cm³/mol. The lowest BCUT2D eigenvalue weighted by Gasteiger charge is -2.28. The van der Waals surface area contributed by atoms with Gasteiger partial charge in [-0.1, -0.05) is 12.1 Å². The van der Waals surface area contributed by atoms with Gasteiger partial charge in [0, 0.05) is 25.0 Å². The van der Waals surface area contributed by atoms with Crippen LogP contribution in [0, 0.1) is 5.82 Å². The minimum Gasteiger partial charge on any atom is -0.295 e. The van der Waals surface area contributed by atoms with Crippen molar-refractivity contribution in [1.82, 2.24) is 14.6 Å². The van der Waals surface area contributed by atoms with E-state index in [0.717, 1.165) is 31.5 Å². The summed E-state index contributed by atoms with van der Waals surface area (Å²) in [5, 5.41) is 0. The summed E-state index contributed by atoms with van der Waals surface area (Å²) >= 11 is 0. The molecule has 3 rings (SSSR count). The molecule has 1 atom stereocenters. The van der Waals surface area contributed by atoms with Crippen LogP contribution in [0.5, 0.6) is 0 Å². The van der Waals surface area contributed by atoms with Gasteiger partial charge in [0.2, 0.25) is 10.0 Å². The van der Waals surface area contributed by atoms with Crippen molar-refractivity contribution in [2.45, 2.75) is 23.8 Å². The van der Waals surface area contributed by atoms with Gasteiger partial charge in [-0.15, -0.1) is 0 Å². The normalized spacial score (nSPS) is 17.0. The number of aromatic nitrogens is 1. The number of halogens is 1. The zero-order chi connectivity index (χ0) is 17.0. The van der Waals surface area contributed by atoms with Crippen LogP contribution < -0.4 is 4.72 Å². The lowest BCUT2D eigenvalue weighted by Crippen LogP contribution is -2.36. The second-order valence-corrected chi connectivity index (χ2v) is 7.62. The van der Waals surface area contributed by atoms with Crippen molar-refractivity contribution in [3.63, 3.8) is 0 Å². The molecule has 0 unspecified atom stereocenters. The first-order valence-corrected chi connectivity index (χ1v) is 9.44. The third kappa shape index (κ3) is 3.98. The number of hydrogen-bond acceptors (Lipinski definition) is 4. The van der Waals surface area contributed by atoms with Crippen LogP contribution in [0.4, 0.5) is 4.39 Å². The maximum Gasteiger partial charge on any atom is 0.242 e. The topological polar surface area (TPSA) is 62.3 Å². The first kappa shape index (κ1) is 17.0. The van der Waals surface area contributed by atoms with Gasteiger partial charge in [0.05, 0.1) is 0 Å². The SMILES string of the molecule is O=S(=O)(NC[C@@H](c1ccc(F)cc1)N1CCCC1)c1cccnc1. The molecule has 0 bridgehead atoms. The van der Waals surface area contributed by atoms with Crippen LogP contribution in [-0.2, 0) is 10.0 Å². The van der Waals surface area contributed by atoms with Crippen molar-refractivity contribution < 1.29 is 12.8 Å². The van der Waals surface area contributed by atoms with Crippen LogP contribution in [0.1, 0.15) is 24.4 Å². The van der Waals surface area contributed by atoms with Gasteiger partial charge in [-0.05, 0) is 55.8 Å². The van der Waals surface area contributed by atoms with Gasteiger partial charge < -0.3 is 0 Å². The van der Waals surface area contributed by atoms with E-state index < -0.39 is 10.0 Å². The molecule has 1 fully saturated rings. The summed E-state index contributed by atoms with van der Waals surface area (Å²) in [7, 11) is -3.61. The van der Waals surface area contributed by atoms with Crippen LogP contribution in [0.25, 0.3) is 0 Å². The molecule has 0 saturated carbocycles. The standard InChI is InChI=1S/C17H20FN3O2S/c18-15-7-5-14(6-8-15)17(21-10-1-2-11-21)13-20-24(22,23)16-4-3-9-19-12-16/h3-9,12,17,20H,1-2,10-11,13H2/t17-/m0/s1. The lowest BCUT2D eigenvalue weighted by molar-refractivity contribution is 0.246. The average Bonchev–Trinajstić information content (AvgIpc) is 3.12. The van der Waals surface area contributed by atoms with Gasteiger partial charge in [-0.2, -0.15) is 0 Å². The molecule has 0 amide bonds. The Morgan fingerprint density at radius 2 is 1.88 bits per heavy atom. The Morgan fingerprint density at radius 3 is 2.50 bits per heavy atom. The third-order valence-corrected chi connectivity index (χ3v) is 5.66. The molecule has 0 aliphatic carbocycles. The molecule has 7 heteroatoms. The van der Waals surface area contributed by atoms with Crippen molar-refractivity contribution in [2.24, 2.45) is 0 Å². The molecular weight excluding hydrogens is 329 g/mol. The Kier molecular flexibility index (Phi) is 5.23. The Morgan fingerprint density at radius 1 is 1.17 bits per heavy atom. The fraction of sp³-hybridized carbons (Fsp3) is 0.353. The van der Waals surface area contributed by atoms with E-state index in [2.05, 4.69) is 14.6 Å². The quantitative estimate of drug-likeness (QED) is 0.869. The number of sulfonamides is 1. The minimum atomic E-state index is -3.61. The van der Waals surface area contributed by atoms with Crippen molar-refractivity contribution in [3.8, 4) is 0 Å². The minimum absolute atomic E-state index is 0.112. The number of pyridine rings is 1. The van der Waals surface area contributed by atoms with Gasteiger partial charge >= 0.3 is 0 Å².